The van der Waals surface area contributed by atoms with E-state index < -0.39 is 0 Å². The highest BCUT2D eigenvalue weighted by molar-refractivity contribution is 6.11. The quantitative estimate of drug-likeness (QED) is 0.225. The van der Waals surface area contributed by atoms with Crippen LogP contribution in [0.15, 0.2) is 95.0 Å². The molecule has 4 aromatic carbocycles. The summed E-state index contributed by atoms with van der Waals surface area (Å²) < 4.78 is 11.1. The monoisotopic (exact) mass is 504 g/mol. The van der Waals surface area contributed by atoms with Gasteiger partial charge >= 0.3 is 0 Å². The normalized spacial score (nSPS) is 13.8. The minimum Gasteiger partial charge on any atom is -0.496 e. The summed E-state index contributed by atoms with van der Waals surface area (Å²) in [7, 11) is 3.40. The molecule has 0 saturated heterocycles. The second-order valence-electron chi connectivity index (χ2n) is 8.98. The topological polar surface area (TPSA) is 67.2 Å². The number of methoxy groups -OCH3 is 2. The Balaban J connectivity index is 1.50. The molecule has 1 heterocycles. The molecule has 0 amide bonds. The summed E-state index contributed by atoms with van der Waals surface area (Å²) >= 11 is 0. The number of benzene rings is 4. The zero-order valence-electron chi connectivity index (χ0n) is 21.8. The second kappa shape index (κ2) is 12.1. The Morgan fingerprint density at radius 3 is 1.87 bits per heavy atom. The largest absolute Gasteiger partial charge is 0.496 e. The molecule has 4 aromatic rings. The average Bonchev–Trinajstić information content (AvgIpc) is 3.25. The van der Waals surface area contributed by atoms with Crippen molar-refractivity contribution in [3.63, 3.8) is 0 Å². The fourth-order valence-corrected chi connectivity index (χ4v) is 4.60. The van der Waals surface area contributed by atoms with Gasteiger partial charge in [0.1, 0.15) is 11.5 Å². The van der Waals surface area contributed by atoms with Gasteiger partial charge in [0.2, 0.25) is 5.96 Å². The maximum Gasteiger partial charge on any atom is 0.212 e. The van der Waals surface area contributed by atoms with Gasteiger partial charge in [-0.2, -0.15) is 5.10 Å². The highest BCUT2D eigenvalue weighted by Gasteiger charge is 2.06. The molecular weight excluding hydrogens is 472 g/mol. The first-order chi connectivity index (χ1) is 18.8. The summed E-state index contributed by atoms with van der Waals surface area (Å²) in [6.07, 6.45) is 10.4. The number of hydrogen-bond donors (Lipinski definition) is 2. The van der Waals surface area contributed by atoms with Crippen LogP contribution in [-0.2, 0) is 0 Å². The zero-order chi connectivity index (χ0) is 26.2. The molecule has 0 radical (unpaired) electrons. The van der Waals surface area contributed by atoms with Crippen LogP contribution in [0.25, 0.3) is 33.7 Å². The zero-order valence-corrected chi connectivity index (χ0v) is 21.8. The first-order valence-electron chi connectivity index (χ1n) is 12.9. The minimum atomic E-state index is 0.701. The number of guanidine groups is 1. The summed E-state index contributed by atoms with van der Waals surface area (Å²) in [5.41, 5.74) is 6.06. The summed E-state index contributed by atoms with van der Waals surface area (Å²) in [5.74, 6) is 2.42. The fourth-order valence-electron chi connectivity index (χ4n) is 4.60. The molecule has 0 atom stereocenters. The molecule has 0 unspecified atom stereocenters. The van der Waals surface area contributed by atoms with Gasteiger partial charge in [-0.3, -0.25) is 4.99 Å². The third-order valence-electron chi connectivity index (χ3n) is 6.58. The molecule has 1 aliphatic rings. The van der Waals surface area contributed by atoms with Crippen molar-refractivity contribution in [2.45, 2.75) is 12.8 Å². The standard InChI is InChI=1S/C32H32N4O2/c1-37-30-19-15-23(26-9-3-5-11-28(26)30)13-17-25(35-36-32-33-21-7-8-22-34-32)18-14-24-16-20-31(38-2)29-12-6-4-10-27(24)29/h3-6,9-20H,7-8,21-22H2,1-2H3,(H2,33,34,36). The van der Waals surface area contributed by atoms with Crippen molar-refractivity contribution in [1.82, 2.24) is 10.7 Å². The number of nitrogens with zero attached hydrogens (tertiary/aromatic N) is 2. The lowest BCUT2D eigenvalue weighted by Gasteiger charge is -2.09. The highest BCUT2D eigenvalue weighted by atomic mass is 16.5. The molecular formula is C32H32N4O2. The van der Waals surface area contributed by atoms with Gasteiger partial charge in [-0.05, 0) is 59.0 Å². The molecule has 2 N–H and O–H groups in total. The molecule has 0 spiro atoms. The van der Waals surface area contributed by atoms with Crippen LogP contribution < -0.4 is 20.2 Å². The van der Waals surface area contributed by atoms with Crippen molar-refractivity contribution >= 4 is 45.4 Å². The number of ether oxygens (including phenoxy) is 2. The van der Waals surface area contributed by atoms with E-state index in [0.29, 0.717) is 5.96 Å². The Bertz CT molecular complexity index is 1450. The van der Waals surface area contributed by atoms with Crippen molar-refractivity contribution in [3.8, 4) is 11.5 Å². The Morgan fingerprint density at radius 1 is 0.763 bits per heavy atom. The van der Waals surface area contributed by atoms with E-state index in [1.807, 2.05) is 48.6 Å². The van der Waals surface area contributed by atoms with Gasteiger partial charge in [-0.25, -0.2) is 5.43 Å². The van der Waals surface area contributed by atoms with E-state index in [4.69, 9.17) is 14.6 Å². The lowest BCUT2D eigenvalue weighted by atomic mass is 10.0. The molecule has 5 rings (SSSR count). The molecule has 38 heavy (non-hydrogen) atoms. The molecule has 0 aliphatic carbocycles. The summed E-state index contributed by atoms with van der Waals surface area (Å²) in [4.78, 5) is 4.56. The number of hydrogen-bond acceptors (Lipinski definition) is 6. The number of rotatable bonds is 7. The maximum atomic E-state index is 5.57. The predicted molar refractivity (Wildman–Crippen MR) is 159 cm³/mol. The first kappa shape index (κ1) is 25.1. The summed E-state index contributed by atoms with van der Waals surface area (Å²) in [5, 5.41) is 12.4. The van der Waals surface area contributed by atoms with E-state index in [1.54, 1.807) is 14.2 Å². The van der Waals surface area contributed by atoms with Crippen LogP contribution in [0.4, 0.5) is 0 Å². The van der Waals surface area contributed by atoms with E-state index in [2.05, 4.69) is 64.3 Å². The second-order valence-corrected chi connectivity index (χ2v) is 8.98. The Kier molecular flexibility index (Phi) is 7.99. The lowest BCUT2D eigenvalue weighted by molar-refractivity contribution is 0.419. The van der Waals surface area contributed by atoms with Crippen LogP contribution in [-0.4, -0.2) is 39.0 Å². The minimum absolute atomic E-state index is 0.701. The van der Waals surface area contributed by atoms with Crippen molar-refractivity contribution < 1.29 is 9.47 Å². The number of hydrazone groups is 1. The first-order valence-corrected chi connectivity index (χ1v) is 12.9. The number of allylic oxidation sites excluding steroid dienone is 2. The van der Waals surface area contributed by atoms with Gasteiger partial charge in [0.15, 0.2) is 0 Å². The van der Waals surface area contributed by atoms with Gasteiger partial charge < -0.3 is 14.8 Å². The highest BCUT2D eigenvalue weighted by Crippen LogP contribution is 2.30. The third-order valence-corrected chi connectivity index (χ3v) is 6.58. The van der Waals surface area contributed by atoms with Crippen molar-refractivity contribution in [1.29, 1.82) is 0 Å². The van der Waals surface area contributed by atoms with Crippen molar-refractivity contribution in [3.05, 3.63) is 96.1 Å². The predicted octanol–water partition coefficient (Wildman–Crippen LogP) is 6.42. The Morgan fingerprint density at radius 2 is 1.32 bits per heavy atom. The van der Waals surface area contributed by atoms with Gasteiger partial charge in [-0.1, -0.05) is 72.8 Å². The maximum absolute atomic E-state index is 5.57. The van der Waals surface area contributed by atoms with Crippen LogP contribution in [0.1, 0.15) is 24.0 Å². The third kappa shape index (κ3) is 5.70. The number of fused-ring (bicyclic) bond motifs is 2. The lowest BCUT2D eigenvalue weighted by Crippen LogP contribution is -2.34. The van der Waals surface area contributed by atoms with Gasteiger partial charge in [0.25, 0.3) is 0 Å². The van der Waals surface area contributed by atoms with E-state index in [-0.39, 0.29) is 0 Å². The van der Waals surface area contributed by atoms with Crippen LogP contribution >= 0.6 is 0 Å². The van der Waals surface area contributed by atoms with Gasteiger partial charge in [0, 0.05) is 23.9 Å². The van der Waals surface area contributed by atoms with Gasteiger partial charge in [-0.15, -0.1) is 0 Å². The molecule has 0 aromatic heterocycles. The Hall–Kier alpha value is -4.58. The van der Waals surface area contributed by atoms with Crippen molar-refractivity contribution in [2.75, 3.05) is 27.3 Å². The molecule has 192 valence electrons. The summed E-state index contributed by atoms with van der Waals surface area (Å²) in [6.45, 7) is 1.68. The van der Waals surface area contributed by atoms with E-state index in [0.717, 1.165) is 75.8 Å². The number of nitrogens with one attached hydrogen (secondary N) is 2. The van der Waals surface area contributed by atoms with Crippen LogP contribution in [0.2, 0.25) is 0 Å². The molecule has 6 nitrogen and oxygen atoms in total. The van der Waals surface area contributed by atoms with Crippen LogP contribution in [0.5, 0.6) is 11.5 Å². The molecule has 6 heteroatoms. The van der Waals surface area contributed by atoms with Crippen molar-refractivity contribution in [2.24, 2.45) is 10.1 Å². The fraction of sp³-hybridized carbons (Fsp3) is 0.188. The smallest absolute Gasteiger partial charge is 0.212 e. The van der Waals surface area contributed by atoms with E-state index in [1.165, 1.54) is 0 Å². The molecule has 0 bridgehead atoms. The average molecular weight is 505 g/mol. The van der Waals surface area contributed by atoms with Crippen LogP contribution in [0, 0.1) is 0 Å². The van der Waals surface area contributed by atoms with Crippen LogP contribution in [0.3, 0.4) is 0 Å². The van der Waals surface area contributed by atoms with E-state index >= 15 is 0 Å². The number of aliphatic imine (C=N–C) groups is 1. The van der Waals surface area contributed by atoms with Gasteiger partial charge in [0.05, 0.1) is 19.9 Å². The van der Waals surface area contributed by atoms with E-state index in [9.17, 15) is 0 Å². The SMILES string of the molecule is COc1ccc(C=CC(C=Cc2ccc(OC)c3ccccc23)=NNC2=NCCCCN2)c2ccccc12. The molecule has 0 fully saturated rings. The Labute approximate surface area is 223 Å². The molecule has 1 aliphatic heterocycles. The molecule has 0 saturated carbocycles. The summed E-state index contributed by atoms with van der Waals surface area (Å²) in [6, 6.07) is 24.6.